The predicted octanol–water partition coefficient (Wildman–Crippen LogP) is 12.6. The molecule has 3 rings (SSSR count). The fourth-order valence-corrected chi connectivity index (χ4v) is 12.4. The van der Waals surface area contributed by atoms with Crippen LogP contribution in [-0.4, -0.2) is 57.3 Å². The summed E-state index contributed by atoms with van der Waals surface area (Å²) < 4.78 is 26.6. The highest BCUT2D eigenvalue weighted by atomic mass is 28.4. The number of fused-ring (bicyclic) bond motifs is 1. The molecule has 2 saturated carbocycles. The summed E-state index contributed by atoms with van der Waals surface area (Å²) in [6, 6.07) is 0. The van der Waals surface area contributed by atoms with E-state index in [2.05, 4.69) is 135 Å². The van der Waals surface area contributed by atoms with Gasteiger partial charge in [0.1, 0.15) is 0 Å². The summed E-state index contributed by atoms with van der Waals surface area (Å²) in [6.07, 6.45) is 13.4. The molecule has 0 radical (unpaired) electrons. The molecule has 0 bridgehead atoms. The van der Waals surface area contributed by atoms with Gasteiger partial charge in [-0.25, -0.2) is 4.79 Å². The lowest BCUT2D eigenvalue weighted by Gasteiger charge is -2.58. The zero-order valence-electron chi connectivity index (χ0n) is 36.9. The molecule has 0 amide bonds. The van der Waals surface area contributed by atoms with Crippen molar-refractivity contribution in [3.63, 3.8) is 0 Å². The minimum absolute atomic E-state index is 0.0873. The second-order valence-electron chi connectivity index (χ2n) is 22.0. The molecule has 3 aliphatic carbocycles. The van der Waals surface area contributed by atoms with Crippen LogP contribution in [0.4, 0.5) is 0 Å². The summed E-state index contributed by atoms with van der Waals surface area (Å²) in [5.41, 5.74) is 1.72. The average Bonchev–Trinajstić information content (AvgIpc) is 3.34. The first-order valence-electron chi connectivity index (χ1n) is 20.4. The Morgan fingerprint density at radius 3 is 1.86 bits per heavy atom. The molecular formula is C43H82O5Si3. The fourth-order valence-electron chi connectivity index (χ4n) is 8.91. The Labute approximate surface area is 319 Å². The highest BCUT2D eigenvalue weighted by Crippen LogP contribution is 2.64. The predicted molar refractivity (Wildman–Crippen MR) is 225 cm³/mol. The number of hydrogen-bond donors (Lipinski definition) is 0. The van der Waals surface area contributed by atoms with Crippen LogP contribution in [0.15, 0.2) is 23.8 Å². The van der Waals surface area contributed by atoms with Crippen LogP contribution < -0.4 is 0 Å². The first-order chi connectivity index (χ1) is 22.9. The number of allylic oxidation sites excluding steroid dienone is 3. The van der Waals surface area contributed by atoms with E-state index in [0.717, 1.165) is 32.5 Å². The molecule has 0 saturated heterocycles. The number of esters is 1. The van der Waals surface area contributed by atoms with E-state index >= 15 is 0 Å². The summed E-state index contributed by atoms with van der Waals surface area (Å²) in [5.74, 6) is 1.89. The molecule has 8 atom stereocenters. The molecule has 0 aromatic heterocycles. The summed E-state index contributed by atoms with van der Waals surface area (Å²) in [5, 5.41) is 0.527. The van der Waals surface area contributed by atoms with Crippen LogP contribution in [0.3, 0.4) is 0 Å². The van der Waals surface area contributed by atoms with Crippen molar-refractivity contribution in [2.75, 3.05) is 20.3 Å². The number of carbonyl (C=O) groups excluding carboxylic acids is 1. The molecule has 51 heavy (non-hydrogen) atoms. The van der Waals surface area contributed by atoms with Gasteiger partial charge in [-0.2, -0.15) is 0 Å². The maximum Gasteiger partial charge on any atom is 0.330 e. The molecular weight excluding hydrogens is 681 g/mol. The van der Waals surface area contributed by atoms with E-state index in [9.17, 15) is 4.79 Å². The molecule has 296 valence electrons. The first kappa shape index (κ1) is 44.9. The monoisotopic (exact) mass is 763 g/mol. The van der Waals surface area contributed by atoms with E-state index < -0.39 is 25.0 Å². The van der Waals surface area contributed by atoms with Crippen molar-refractivity contribution in [2.45, 2.75) is 182 Å². The van der Waals surface area contributed by atoms with Gasteiger partial charge in [0.25, 0.3) is 0 Å². The number of carbonyl (C=O) groups is 1. The molecule has 8 heteroatoms. The summed E-state index contributed by atoms with van der Waals surface area (Å²) >= 11 is 0. The summed E-state index contributed by atoms with van der Waals surface area (Å²) in [7, 11) is -4.39. The van der Waals surface area contributed by atoms with Crippen molar-refractivity contribution in [2.24, 2.45) is 40.4 Å². The van der Waals surface area contributed by atoms with E-state index in [0.29, 0.717) is 29.8 Å². The third-order valence-electron chi connectivity index (χ3n) is 15.8. The topological polar surface area (TPSA) is 54.0 Å². The van der Waals surface area contributed by atoms with Crippen molar-refractivity contribution < 1.29 is 22.8 Å². The van der Waals surface area contributed by atoms with E-state index in [1.807, 2.05) is 0 Å². The Balaban J connectivity index is 2.06. The maximum atomic E-state index is 12.1. The lowest BCUT2D eigenvalue weighted by atomic mass is 9.48. The van der Waals surface area contributed by atoms with Crippen molar-refractivity contribution >= 4 is 30.9 Å². The van der Waals surface area contributed by atoms with Crippen molar-refractivity contribution in [1.82, 2.24) is 0 Å². The van der Waals surface area contributed by atoms with Crippen molar-refractivity contribution in [3.05, 3.63) is 23.8 Å². The second-order valence-corrected chi connectivity index (χ2v) is 36.4. The lowest BCUT2D eigenvalue weighted by molar-refractivity contribution is -0.134. The largest absolute Gasteiger partial charge is 0.466 e. The van der Waals surface area contributed by atoms with Crippen LogP contribution in [0.1, 0.15) is 122 Å². The molecule has 3 aliphatic rings. The number of rotatable bonds is 12. The van der Waals surface area contributed by atoms with Gasteiger partial charge in [-0.15, -0.1) is 0 Å². The Morgan fingerprint density at radius 2 is 1.35 bits per heavy atom. The van der Waals surface area contributed by atoms with Gasteiger partial charge in [0.2, 0.25) is 0 Å². The maximum absolute atomic E-state index is 12.1. The van der Waals surface area contributed by atoms with Gasteiger partial charge in [0.15, 0.2) is 25.0 Å². The molecule has 0 aromatic carbocycles. The Kier molecular flexibility index (Phi) is 13.7. The Hall–Kier alpha value is -0.519. The minimum Gasteiger partial charge on any atom is -0.466 e. The van der Waals surface area contributed by atoms with Crippen LogP contribution in [0, 0.1) is 40.4 Å². The zero-order chi connectivity index (χ0) is 39.2. The fraction of sp³-hybridized carbons (Fsp3) is 0.884. The number of methoxy groups -OCH3 is 1. The van der Waals surface area contributed by atoms with Crippen LogP contribution in [0.25, 0.3) is 0 Å². The molecule has 2 unspecified atom stereocenters. The molecule has 2 fully saturated rings. The van der Waals surface area contributed by atoms with Gasteiger partial charge in [-0.05, 0) is 133 Å². The van der Waals surface area contributed by atoms with E-state index in [1.54, 1.807) is 6.08 Å². The minimum atomic E-state index is -1.98. The van der Waals surface area contributed by atoms with Crippen molar-refractivity contribution in [1.29, 1.82) is 0 Å². The van der Waals surface area contributed by atoms with Crippen molar-refractivity contribution in [3.8, 4) is 0 Å². The Morgan fingerprint density at radius 1 is 0.824 bits per heavy atom. The van der Waals surface area contributed by atoms with Crippen LogP contribution in [-0.2, 0) is 22.8 Å². The molecule has 0 aromatic rings. The van der Waals surface area contributed by atoms with Gasteiger partial charge in [0.05, 0.1) is 7.11 Å². The molecule has 0 N–H and O–H groups in total. The Bertz CT molecular complexity index is 1270. The molecule has 0 heterocycles. The normalized spacial score (nSPS) is 32.1. The van der Waals surface area contributed by atoms with Crippen LogP contribution in [0.2, 0.25) is 54.4 Å². The highest BCUT2D eigenvalue weighted by molar-refractivity contribution is 6.74. The van der Waals surface area contributed by atoms with Gasteiger partial charge in [-0.3, -0.25) is 0 Å². The van der Waals surface area contributed by atoms with Gasteiger partial charge >= 0.3 is 5.97 Å². The molecule has 0 spiro atoms. The van der Waals surface area contributed by atoms with Crippen LogP contribution in [0.5, 0.6) is 0 Å². The quantitative estimate of drug-likeness (QED) is 0.0858. The van der Waals surface area contributed by atoms with Gasteiger partial charge in [-0.1, -0.05) is 101 Å². The number of ether oxygens (including phenoxy) is 1. The van der Waals surface area contributed by atoms with Gasteiger partial charge in [0, 0.05) is 25.4 Å². The third-order valence-corrected chi connectivity index (χ3v) is 29.3. The van der Waals surface area contributed by atoms with Gasteiger partial charge < -0.3 is 18.0 Å². The van der Waals surface area contributed by atoms with E-state index in [4.69, 9.17) is 18.0 Å². The first-order valence-corrected chi connectivity index (χ1v) is 29.1. The second kappa shape index (κ2) is 15.6. The number of hydrogen-bond acceptors (Lipinski definition) is 5. The van der Waals surface area contributed by atoms with Crippen LogP contribution >= 0.6 is 0 Å². The average molecular weight is 763 g/mol. The third kappa shape index (κ3) is 9.66. The highest BCUT2D eigenvalue weighted by Gasteiger charge is 2.58. The zero-order valence-corrected chi connectivity index (χ0v) is 39.9. The van der Waals surface area contributed by atoms with E-state index in [1.165, 1.54) is 31.9 Å². The molecule has 0 aliphatic heterocycles. The standard InChI is InChI=1S/C43H82O5Si3/c1-31(20-23-38(44)45-13)35-21-22-36-34(30-47-50(16,17)40(5,6)7)37(25-27-43(35,36)12)42(11)26-24-33(48-51(18,19)41(8,9)10)28-32(42)29-46-49(14,15)39(2,3)4/h20-21,23,31-34,36-37H,22,24-30H2,1-19H3/t31-,32-,33+,34+,36?,37?,42+,43-/m1/s1. The molecule has 5 nitrogen and oxygen atoms in total. The summed E-state index contributed by atoms with van der Waals surface area (Å²) in [6.45, 7) is 44.9. The lowest BCUT2D eigenvalue weighted by Crippen LogP contribution is -2.55. The summed E-state index contributed by atoms with van der Waals surface area (Å²) in [4.78, 5) is 12.1. The smallest absolute Gasteiger partial charge is 0.330 e. The van der Waals surface area contributed by atoms with E-state index in [-0.39, 0.29) is 37.8 Å². The SMILES string of the molecule is COC(=O)C=C[C@@H](C)C1=CCC2[C@H](CO[Si](C)(C)C(C)(C)C)C([C@@]3(C)CC[C@H](O[Si](C)(C)C(C)(C)C)C[C@@H]3CO[Si](C)(C)C(C)(C)C)CC[C@]12C.